The van der Waals surface area contributed by atoms with Crippen molar-refractivity contribution in [1.29, 1.82) is 0 Å². The second kappa shape index (κ2) is 14.1. The van der Waals surface area contributed by atoms with Crippen molar-refractivity contribution in [1.82, 2.24) is 10.2 Å². The SMILES string of the molecule is CC[C@@H](C)NC(=O)[C@@H](C)N(Cc1cccc(Cl)c1)C(=O)CN(c1ccc(C)cc1)S(=O)(=O)c1ccc(SC)cc1. The van der Waals surface area contributed by atoms with Gasteiger partial charge in [-0.25, -0.2) is 8.42 Å². The van der Waals surface area contributed by atoms with Crippen LogP contribution in [-0.2, 0) is 26.2 Å². The van der Waals surface area contributed by atoms with Crippen LogP contribution in [0.25, 0.3) is 0 Å². The van der Waals surface area contributed by atoms with Gasteiger partial charge in [-0.1, -0.05) is 48.4 Å². The Morgan fingerprint density at radius 1 is 1.00 bits per heavy atom. The van der Waals surface area contributed by atoms with Crippen molar-refractivity contribution in [3.8, 4) is 0 Å². The van der Waals surface area contributed by atoms with Gasteiger partial charge in [-0.15, -0.1) is 11.8 Å². The first-order valence-electron chi connectivity index (χ1n) is 13.0. The lowest BCUT2D eigenvalue weighted by atomic mass is 10.1. The summed E-state index contributed by atoms with van der Waals surface area (Å²) in [5.74, 6) is -0.834. The standard InChI is InChI=1S/C30H36ClN3O4S2/c1-6-22(3)32-30(36)23(4)33(19-24-8-7-9-25(31)18-24)29(35)20-34(26-12-10-21(2)11-13-26)40(37,38)28-16-14-27(39-5)15-17-28/h7-18,22-23H,6,19-20H2,1-5H3,(H,32,36)/t22-,23-/m1/s1. The summed E-state index contributed by atoms with van der Waals surface area (Å²) in [7, 11) is -4.11. The molecule has 0 unspecified atom stereocenters. The van der Waals surface area contributed by atoms with Gasteiger partial charge in [0.05, 0.1) is 10.6 Å². The first-order valence-corrected chi connectivity index (χ1v) is 16.1. The summed E-state index contributed by atoms with van der Waals surface area (Å²) in [6.45, 7) is 6.99. The number of anilines is 1. The van der Waals surface area contributed by atoms with E-state index in [1.54, 1.807) is 73.7 Å². The van der Waals surface area contributed by atoms with E-state index in [-0.39, 0.29) is 23.4 Å². The van der Waals surface area contributed by atoms with Crippen LogP contribution in [0.2, 0.25) is 5.02 Å². The molecule has 0 radical (unpaired) electrons. The maximum Gasteiger partial charge on any atom is 0.264 e. The van der Waals surface area contributed by atoms with Crippen LogP contribution < -0.4 is 9.62 Å². The largest absolute Gasteiger partial charge is 0.352 e. The Hall–Kier alpha value is -3.01. The van der Waals surface area contributed by atoms with Gasteiger partial charge >= 0.3 is 0 Å². The smallest absolute Gasteiger partial charge is 0.264 e. The topological polar surface area (TPSA) is 86.8 Å². The molecule has 40 heavy (non-hydrogen) atoms. The monoisotopic (exact) mass is 601 g/mol. The lowest BCUT2D eigenvalue weighted by Gasteiger charge is -2.32. The minimum Gasteiger partial charge on any atom is -0.352 e. The van der Waals surface area contributed by atoms with Crippen molar-refractivity contribution in [2.24, 2.45) is 0 Å². The normalized spacial score (nSPS) is 12.8. The lowest BCUT2D eigenvalue weighted by Crippen LogP contribution is -2.52. The highest BCUT2D eigenvalue weighted by Gasteiger charge is 2.32. The number of hydrogen-bond acceptors (Lipinski definition) is 5. The van der Waals surface area contributed by atoms with Crippen molar-refractivity contribution in [3.05, 3.63) is 88.9 Å². The zero-order valence-electron chi connectivity index (χ0n) is 23.4. The Bertz CT molecular complexity index is 1410. The molecule has 2 amide bonds. The molecule has 0 saturated carbocycles. The molecule has 1 N–H and O–H groups in total. The Morgan fingerprint density at radius 3 is 2.23 bits per heavy atom. The second-order valence-corrected chi connectivity index (χ2v) is 12.8. The average molecular weight is 602 g/mol. The van der Waals surface area contributed by atoms with Crippen LogP contribution in [0, 0.1) is 6.92 Å². The van der Waals surface area contributed by atoms with Crippen LogP contribution in [0.1, 0.15) is 38.3 Å². The van der Waals surface area contributed by atoms with Gasteiger partial charge in [0.25, 0.3) is 10.0 Å². The highest BCUT2D eigenvalue weighted by molar-refractivity contribution is 7.98. The van der Waals surface area contributed by atoms with Gasteiger partial charge < -0.3 is 10.2 Å². The fourth-order valence-corrected chi connectivity index (χ4v) is 6.03. The summed E-state index contributed by atoms with van der Waals surface area (Å²) in [5, 5.41) is 3.43. The van der Waals surface area contributed by atoms with E-state index in [1.165, 1.54) is 16.7 Å². The van der Waals surface area contributed by atoms with Gasteiger partial charge in [-0.05, 0) is 87.5 Å². The summed E-state index contributed by atoms with van der Waals surface area (Å²) < 4.78 is 28.9. The minimum absolute atomic E-state index is 0.0719. The maximum atomic E-state index is 14.0. The minimum atomic E-state index is -4.11. The van der Waals surface area contributed by atoms with Crippen molar-refractivity contribution < 1.29 is 18.0 Å². The fourth-order valence-electron chi connectivity index (χ4n) is 3.99. The Labute approximate surface area is 247 Å². The molecule has 0 heterocycles. The zero-order valence-corrected chi connectivity index (χ0v) is 25.8. The van der Waals surface area contributed by atoms with E-state index < -0.39 is 28.5 Å². The number of nitrogens with zero attached hydrogens (tertiary/aromatic N) is 2. The number of nitrogens with one attached hydrogen (secondary N) is 1. The molecule has 0 saturated heterocycles. The zero-order chi connectivity index (χ0) is 29.4. The van der Waals surface area contributed by atoms with E-state index in [1.807, 2.05) is 33.1 Å². The van der Waals surface area contributed by atoms with Crippen LogP contribution in [0.4, 0.5) is 5.69 Å². The third kappa shape index (κ3) is 8.02. The molecule has 3 aromatic rings. The highest BCUT2D eigenvalue weighted by Crippen LogP contribution is 2.26. The molecule has 7 nitrogen and oxygen atoms in total. The van der Waals surface area contributed by atoms with Crippen LogP contribution in [0.5, 0.6) is 0 Å². The van der Waals surface area contributed by atoms with Gasteiger partial charge in [0.1, 0.15) is 12.6 Å². The van der Waals surface area contributed by atoms with Crippen molar-refractivity contribution >= 4 is 50.9 Å². The van der Waals surface area contributed by atoms with E-state index in [2.05, 4.69) is 5.32 Å². The van der Waals surface area contributed by atoms with Crippen molar-refractivity contribution in [3.63, 3.8) is 0 Å². The molecule has 0 aromatic heterocycles. The Balaban J connectivity index is 2.02. The van der Waals surface area contributed by atoms with E-state index in [0.29, 0.717) is 10.7 Å². The number of halogens is 1. The van der Waals surface area contributed by atoms with Gasteiger partial charge in [-0.2, -0.15) is 0 Å². The molecule has 10 heteroatoms. The molecule has 0 aliphatic heterocycles. The Kier molecular flexibility index (Phi) is 11.1. The number of carbonyl (C=O) groups excluding carboxylic acids is 2. The summed E-state index contributed by atoms with van der Waals surface area (Å²) in [6, 6.07) is 19.6. The molecule has 0 aliphatic carbocycles. The number of thioether (sulfide) groups is 1. The van der Waals surface area contributed by atoms with E-state index in [0.717, 1.165) is 26.7 Å². The molecule has 3 aromatic carbocycles. The van der Waals surface area contributed by atoms with Crippen LogP contribution >= 0.6 is 23.4 Å². The van der Waals surface area contributed by atoms with Crippen molar-refractivity contribution in [2.45, 2.75) is 62.5 Å². The predicted octanol–water partition coefficient (Wildman–Crippen LogP) is 5.90. The molecule has 0 bridgehead atoms. The third-order valence-electron chi connectivity index (χ3n) is 6.66. The molecule has 0 fully saturated rings. The molecule has 2 atom stereocenters. The molecular weight excluding hydrogens is 566 g/mol. The highest BCUT2D eigenvalue weighted by atomic mass is 35.5. The molecule has 3 rings (SSSR count). The van der Waals surface area contributed by atoms with Crippen LogP contribution in [0.15, 0.2) is 82.6 Å². The maximum absolute atomic E-state index is 14.0. The third-order valence-corrected chi connectivity index (χ3v) is 9.43. The van der Waals surface area contributed by atoms with E-state index in [9.17, 15) is 18.0 Å². The van der Waals surface area contributed by atoms with Crippen molar-refractivity contribution in [2.75, 3.05) is 17.1 Å². The molecule has 0 spiro atoms. The molecule has 0 aliphatic rings. The quantitative estimate of drug-likeness (QED) is 0.261. The number of carbonyl (C=O) groups is 2. The fraction of sp³-hybridized carbons (Fsp3) is 0.333. The summed E-state index contributed by atoms with van der Waals surface area (Å²) in [5.41, 5.74) is 2.03. The number of aryl methyl sites for hydroxylation is 1. The van der Waals surface area contributed by atoms with Crippen LogP contribution in [-0.4, -0.2) is 50.0 Å². The summed E-state index contributed by atoms with van der Waals surface area (Å²) in [6.07, 6.45) is 2.64. The van der Waals surface area contributed by atoms with Gasteiger partial charge in [0.15, 0.2) is 0 Å². The summed E-state index contributed by atoms with van der Waals surface area (Å²) >= 11 is 7.70. The average Bonchev–Trinajstić information content (AvgIpc) is 2.94. The summed E-state index contributed by atoms with van der Waals surface area (Å²) in [4.78, 5) is 29.5. The van der Waals surface area contributed by atoms with E-state index in [4.69, 9.17) is 11.6 Å². The predicted molar refractivity (Wildman–Crippen MR) is 163 cm³/mol. The first-order chi connectivity index (χ1) is 19.0. The molecule has 214 valence electrons. The lowest BCUT2D eigenvalue weighted by molar-refractivity contribution is -0.139. The number of hydrogen-bond donors (Lipinski definition) is 1. The number of rotatable bonds is 12. The van der Waals surface area contributed by atoms with Crippen LogP contribution in [0.3, 0.4) is 0 Å². The number of benzene rings is 3. The number of amides is 2. The molecular formula is C30H36ClN3O4S2. The Morgan fingerprint density at radius 2 is 1.65 bits per heavy atom. The first kappa shape index (κ1) is 31.5. The van der Waals surface area contributed by atoms with Gasteiger partial charge in [0.2, 0.25) is 11.8 Å². The van der Waals surface area contributed by atoms with E-state index >= 15 is 0 Å². The van der Waals surface area contributed by atoms with Gasteiger partial charge in [0, 0.05) is 22.5 Å². The van der Waals surface area contributed by atoms with Gasteiger partial charge in [-0.3, -0.25) is 13.9 Å². The number of sulfonamides is 1. The second-order valence-electron chi connectivity index (χ2n) is 9.67.